The Balaban J connectivity index is 2.79. The molecule has 0 saturated heterocycles. The van der Waals surface area contributed by atoms with Gasteiger partial charge in [0, 0.05) is 11.6 Å². The average Bonchev–Trinajstić information content (AvgIpc) is 2.54. The van der Waals surface area contributed by atoms with Crippen LogP contribution in [0.2, 0.25) is 0 Å². The van der Waals surface area contributed by atoms with Crippen molar-refractivity contribution in [2.45, 2.75) is 46.2 Å². The molecule has 1 rings (SSSR count). The standard InChI is InChI=1S/C19H32N4O2/c1-13(2)12-16(18(24)22-15-8-6-5-7-9-15)23-19(25)17(14(3)4)21-11-10-20/h5-9,13-14,16-17,21H,10-12,20H2,1-4H3,(H,22,24)(H,23,25)/p+2/t16-,17-/m0/s1. The van der Waals surface area contributed by atoms with Gasteiger partial charge in [-0.05, 0) is 24.5 Å². The zero-order chi connectivity index (χ0) is 18.8. The smallest absolute Gasteiger partial charge is 0.279 e. The van der Waals surface area contributed by atoms with Crippen LogP contribution >= 0.6 is 0 Å². The van der Waals surface area contributed by atoms with Gasteiger partial charge in [-0.3, -0.25) is 9.59 Å². The Hall–Kier alpha value is -1.92. The van der Waals surface area contributed by atoms with Crippen molar-refractivity contribution in [2.75, 3.05) is 18.4 Å². The molecule has 0 aliphatic heterocycles. The maximum absolute atomic E-state index is 12.7. The van der Waals surface area contributed by atoms with Gasteiger partial charge in [0.05, 0.1) is 0 Å². The highest BCUT2D eigenvalue weighted by Crippen LogP contribution is 2.11. The summed E-state index contributed by atoms with van der Waals surface area (Å²) in [4.78, 5) is 25.3. The van der Waals surface area contributed by atoms with Gasteiger partial charge in [-0.25, -0.2) is 0 Å². The minimum Gasteiger partial charge on any atom is -0.353 e. The molecule has 6 heteroatoms. The Bertz CT molecular complexity index is 531. The number of rotatable bonds is 10. The normalized spacial score (nSPS) is 13.6. The molecular weight excluding hydrogens is 316 g/mol. The number of quaternary nitrogens is 2. The van der Waals surface area contributed by atoms with Crippen molar-refractivity contribution >= 4 is 17.5 Å². The topological polar surface area (TPSA) is 102 Å². The monoisotopic (exact) mass is 350 g/mol. The molecule has 140 valence electrons. The SMILES string of the molecule is CC(C)C[C@H](NC(=O)[C@@H]([NH2+]CC[NH3+])C(C)C)C(=O)Nc1ccccc1. The summed E-state index contributed by atoms with van der Waals surface area (Å²) in [5, 5.41) is 7.85. The molecule has 0 bridgehead atoms. The summed E-state index contributed by atoms with van der Waals surface area (Å²) < 4.78 is 0. The molecule has 0 saturated carbocycles. The van der Waals surface area contributed by atoms with E-state index in [-0.39, 0.29) is 23.8 Å². The lowest BCUT2D eigenvalue weighted by atomic mass is 10.00. The van der Waals surface area contributed by atoms with E-state index in [9.17, 15) is 9.59 Å². The van der Waals surface area contributed by atoms with E-state index in [0.29, 0.717) is 12.3 Å². The average molecular weight is 351 g/mol. The van der Waals surface area contributed by atoms with Crippen LogP contribution in [0.4, 0.5) is 5.69 Å². The second-order valence-corrected chi connectivity index (χ2v) is 7.19. The van der Waals surface area contributed by atoms with Crippen LogP contribution in [0.1, 0.15) is 34.1 Å². The molecule has 2 amide bonds. The van der Waals surface area contributed by atoms with Gasteiger partial charge in [0.2, 0.25) is 5.91 Å². The van der Waals surface area contributed by atoms with Crippen LogP contribution in [0.3, 0.4) is 0 Å². The van der Waals surface area contributed by atoms with E-state index >= 15 is 0 Å². The summed E-state index contributed by atoms with van der Waals surface area (Å²) >= 11 is 0. The Morgan fingerprint density at radius 3 is 2.24 bits per heavy atom. The molecular formula is C19H34N4O2+2. The lowest BCUT2D eigenvalue weighted by molar-refractivity contribution is -0.695. The van der Waals surface area contributed by atoms with E-state index in [1.165, 1.54) is 0 Å². The predicted octanol–water partition coefficient (Wildman–Crippen LogP) is -0.0141. The number of para-hydroxylation sites is 1. The second kappa shape index (κ2) is 10.8. The largest absolute Gasteiger partial charge is 0.353 e. The summed E-state index contributed by atoms with van der Waals surface area (Å²) in [5.74, 6) is 0.224. The van der Waals surface area contributed by atoms with E-state index in [2.05, 4.69) is 16.4 Å². The number of benzene rings is 1. The molecule has 0 radical (unpaired) electrons. The highest BCUT2D eigenvalue weighted by atomic mass is 16.2. The maximum atomic E-state index is 12.7. The Labute approximate surface area is 150 Å². The maximum Gasteiger partial charge on any atom is 0.279 e. The molecule has 1 aromatic rings. The highest BCUT2D eigenvalue weighted by Gasteiger charge is 2.30. The van der Waals surface area contributed by atoms with E-state index < -0.39 is 6.04 Å². The van der Waals surface area contributed by atoms with Gasteiger partial charge in [-0.2, -0.15) is 0 Å². The van der Waals surface area contributed by atoms with E-state index in [1.54, 1.807) is 0 Å². The van der Waals surface area contributed by atoms with Crippen molar-refractivity contribution in [3.63, 3.8) is 0 Å². The zero-order valence-corrected chi connectivity index (χ0v) is 15.9. The summed E-state index contributed by atoms with van der Waals surface area (Å²) in [5.41, 5.74) is 4.56. The zero-order valence-electron chi connectivity index (χ0n) is 15.9. The summed E-state index contributed by atoms with van der Waals surface area (Å²) in [6.45, 7) is 9.69. The number of carbonyl (C=O) groups is 2. The fourth-order valence-electron chi connectivity index (χ4n) is 2.70. The second-order valence-electron chi connectivity index (χ2n) is 7.19. The number of anilines is 1. The molecule has 2 atom stereocenters. The first kappa shape index (κ1) is 21.1. The fourth-order valence-corrected chi connectivity index (χ4v) is 2.70. The number of amides is 2. The van der Waals surface area contributed by atoms with Gasteiger partial charge in [-0.15, -0.1) is 0 Å². The van der Waals surface area contributed by atoms with Crippen molar-refractivity contribution < 1.29 is 20.6 Å². The minimum absolute atomic E-state index is 0.0858. The Morgan fingerprint density at radius 2 is 1.72 bits per heavy atom. The molecule has 0 unspecified atom stereocenters. The number of hydrogen-bond donors (Lipinski definition) is 4. The number of nitrogens with one attached hydrogen (secondary N) is 2. The van der Waals surface area contributed by atoms with Crippen LogP contribution < -0.4 is 21.7 Å². The number of hydrogen-bond acceptors (Lipinski definition) is 2. The van der Waals surface area contributed by atoms with Crippen LogP contribution in [0.15, 0.2) is 30.3 Å². The third-order valence-electron chi connectivity index (χ3n) is 4.03. The molecule has 7 N–H and O–H groups in total. The molecule has 0 heterocycles. The highest BCUT2D eigenvalue weighted by molar-refractivity contribution is 5.97. The van der Waals surface area contributed by atoms with Crippen LogP contribution in [0.5, 0.6) is 0 Å². The molecule has 0 spiro atoms. The molecule has 6 nitrogen and oxygen atoms in total. The van der Waals surface area contributed by atoms with Crippen molar-refractivity contribution in [2.24, 2.45) is 11.8 Å². The van der Waals surface area contributed by atoms with E-state index in [0.717, 1.165) is 18.8 Å². The van der Waals surface area contributed by atoms with Crippen LogP contribution in [0.25, 0.3) is 0 Å². The lowest BCUT2D eigenvalue weighted by Crippen LogP contribution is -2.96. The molecule has 0 aromatic heterocycles. The number of nitrogens with two attached hydrogens (primary N) is 1. The summed E-state index contributed by atoms with van der Waals surface area (Å²) in [6.07, 6.45) is 0.602. The van der Waals surface area contributed by atoms with Crippen LogP contribution in [-0.2, 0) is 9.59 Å². The van der Waals surface area contributed by atoms with Gasteiger partial charge in [0.15, 0.2) is 6.04 Å². The molecule has 0 aliphatic carbocycles. The van der Waals surface area contributed by atoms with Crippen LogP contribution in [-0.4, -0.2) is 37.0 Å². The van der Waals surface area contributed by atoms with E-state index in [4.69, 9.17) is 0 Å². The summed E-state index contributed by atoms with van der Waals surface area (Å²) in [7, 11) is 0. The lowest BCUT2D eigenvalue weighted by Gasteiger charge is -2.24. The molecule has 0 fully saturated rings. The van der Waals surface area contributed by atoms with E-state index in [1.807, 2.05) is 63.3 Å². The van der Waals surface area contributed by atoms with Gasteiger partial charge < -0.3 is 21.7 Å². The Morgan fingerprint density at radius 1 is 1.08 bits per heavy atom. The van der Waals surface area contributed by atoms with Crippen molar-refractivity contribution in [3.05, 3.63) is 30.3 Å². The predicted molar refractivity (Wildman–Crippen MR) is 99.6 cm³/mol. The third kappa shape index (κ3) is 7.67. The summed E-state index contributed by atoms with van der Waals surface area (Å²) in [6, 6.07) is 8.57. The minimum atomic E-state index is -0.540. The molecule has 1 aromatic carbocycles. The van der Waals surface area contributed by atoms with Gasteiger partial charge in [0.1, 0.15) is 19.1 Å². The Kier molecular flexibility index (Phi) is 9.16. The first-order valence-corrected chi connectivity index (χ1v) is 9.14. The first-order valence-electron chi connectivity index (χ1n) is 9.14. The fraction of sp³-hybridized carbons (Fsp3) is 0.579. The van der Waals surface area contributed by atoms with Gasteiger partial charge in [0.25, 0.3) is 5.91 Å². The van der Waals surface area contributed by atoms with Gasteiger partial charge in [-0.1, -0.05) is 45.9 Å². The van der Waals surface area contributed by atoms with Crippen molar-refractivity contribution in [1.29, 1.82) is 0 Å². The third-order valence-corrected chi connectivity index (χ3v) is 4.03. The van der Waals surface area contributed by atoms with Gasteiger partial charge >= 0.3 is 0 Å². The quantitative estimate of drug-likeness (QED) is 0.477. The molecule has 0 aliphatic rings. The van der Waals surface area contributed by atoms with Crippen molar-refractivity contribution in [1.82, 2.24) is 5.32 Å². The first-order chi connectivity index (χ1) is 11.8. The van der Waals surface area contributed by atoms with Crippen molar-refractivity contribution in [3.8, 4) is 0 Å². The molecule has 25 heavy (non-hydrogen) atoms. The van der Waals surface area contributed by atoms with Crippen LogP contribution in [0, 0.1) is 11.8 Å². The number of carbonyl (C=O) groups excluding carboxylic acids is 2.